The monoisotopic (exact) mass is 369 g/mol. The maximum absolute atomic E-state index is 12.6. The van der Waals surface area contributed by atoms with Gasteiger partial charge in [0.2, 0.25) is 0 Å². The second-order valence-electron chi connectivity index (χ2n) is 7.14. The lowest BCUT2D eigenvalue weighted by Gasteiger charge is -2.24. The van der Waals surface area contributed by atoms with Gasteiger partial charge in [0.15, 0.2) is 5.65 Å². The molecule has 0 fully saturated rings. The predicted octanol–water partition coefficient (Wildman–Crippen LogP) is 2.50. The van der Waals surface area contributed by atoms with E-state index >= 15 is 0 Å². The molecular formula is C22H19N5O. The summed E-state index contributed by atoms with van der Waals surface area (Å²) in [6.45, 7) is 0.479. The Bertz CT molecular complexity index is 1190. The van der Waals surface area contributed by atoms with Crippen LogP contribution in [-0.4, -0.2) is 44.9 Å². The number of allylic oxidation sites excluding steroid dienone is 2. The second-order valence-corrected chi connectivity index (χ2v) is 7.14. The molecule has 0 spiro atoms. The Hall–Kier alpha value is -3.54. The molecule has 2 aromatic heterocycles. The summed E-state index contributed by atoms with van der Waals surface area (Å²) in [7, 11) is 2.05. The number of fused-ring (bicyclic) bond motifs is 2. The van der Waals surface area contributed by atoms with Crippen LogP contribution in [0.1, 0.15) is 11.1 Å². The van der Waals surface area contributed by atoms with E-state index in [0.29, 0.717) is 17.6 Å². The fraction of sp³-hybridized carbons (Fsp3) is 0.182. The smallest absolute Gasteiger partial charge is 0.263 e. The van der Waals surface area contributed by atoms with E-state index < -0.39 is 0 Å². The van der Waals surface area contributed by atoms with Gasteiger partial charge in [0.25, 0.3) is 5.56 Å². The number of likely N-dealkylation sites (N-methyl/N-ethyl adjacent to an activating group) is 1. The van der Waals surface area contributed by atoms with Gasteiger partial charge in [-0.2, -0.15) is 0 Å². The van der Waals surface area contributed by atoms with Gasteiger partial charge in [-0.25, -0.2) is 9.97 Å². The summed E-state index contributed by atoms with van der Waals surface area (Å²) >= 11 is 0. The Kier molecular flexibility index (Phi) is 3.90. The molecule has 3 aromatic rings. The Labute approximate surface area is 162 Å². The van der Waals surface area contributed by atoms with Crippen LogP contribution in [0.25, 0.3) is 16.6 Å². The molecule has 0 radical (unpaired) electrons. The molecule has 3 heterocycles. The number of hydrogen-bond acceptors (Lipinski definition) is 5. The van der Waals surface area contributed by atoms with Crippen LogP contribution in [0.2, 0.25) is 0 Å². The minimum absolute atomic E-state index is 0.0737. The van der Waals surface area contributed by atoms with E-state index in [2.05, 4.69) is 69.4 Å². The number of nitrogens with zero attached hydrogens (tertiary/aromatic N) is 5. The summed E-state index contributed by atoms with van der Waals surface area (Å²) in [5.41, 5.74) is 3.81. The van der Waals surface area contributed by atoms with E-state index in [1.165, 1.54) is 5.57 Å². The number of aromatic nitrogens is 3. The highest BCUT2D eigenvalue weighted by Gasteiger charge is 2.27. The largest absolute Gasteiger partial charge is 0.357 e. The van der Waals surface area contributed by atoms with Crippen molar-refractivity contribution in [3.8, 4) is 0 Å². The summed E-state index contributed by atoms with van der Waals surface area (Å²) < 4.78 is 1.62. The molecular weight excluding hydrogens is 350 g/mol. The van der Waals surface area contributed by atoms with Crippen LogP contribution >= 0.6 is 0 Å². The standard InChI is InChI=1S/C22H19N5O/c1-26-13-24-19-9-8-17(11-20(19)26)16-6-4-15(5-7-16)12-27-14-25-21-18(22(27)28)3-2-10-23-21/h2-11,13-14,19-20H,12H2,1H3. The van der Waals surface area contributed by atoms with Crippen molar-refractivity contribution < 1.29 is 0 Å². The minimum Gasteiger partial charge on any atom is -0.357 e. The van der Waals surface area contributed by atoms with Crippen LogP contribution in [0, 0.1) is 0 Å². The predicted molar refractivity (Wildman–Crippen MR) is 110 cm³/mol. The zero-order valence-electron chi connectivity index (χ0n) is 15.4. The summed E-state index contributed by atoms with van der Waals surface area (Å²) in [5, 5.41) is 0.538. The summed E-state index contributed by atoms with van der Waals surface area (Å²) in [4.78, 5) is 27.7. The zero-order valence-corrected chi connectivity index (χ0v) is 15.4. The first-order chi connectivity index (χ1) is 13.7. The first-order valence-corrected chi connectivity index (χ1v) is 9.24. The van der Waals surface area contributed by atoms with Crippen LogP contribution in [-0.2, 0) is 6.54 Å². The third kappa shape index (κ3) is 2.83. The highest BCUT2D eigenvalue weighted by atomic mass is 16.1. The lowest BCUT2D eigenvalue weighted by molar-refractivity contribution is 0.446. The van der Waals surface area contributed by atoms with Gasteiger partial charge < -0.3 is 4.90 Å². The van der Waals surface area contributed by atoms with Crippen LogP contribution in [0.4, 0.5) is 0 Å². The Morgan fingerprint density at radius 3 is 2.82 bits per heavy atom. The quantitative estimate of drug-likeness (QED) is 0.712. The van der Waals surface area contributed by atoms with E-state index in [4.69, 9.17) is 0 Å². The van der Waals surface area contributed by atoms with Gasteiger partial charge >= 0.3 is 0 Å². The molecule has 0 bridgehead atoms. The maximum Gasteiger partial charge on any atom is 0.263 e. The Balaban J connectivity index is 1.39. The molecule has 28 heavy (non-hydrogen) atoms. The molecule has 0 saturated carbocycles. The third-order valence-electron chi connectivity index (χ3n) is 5.30. The molecule has 0 amide bonds. The van der Waals surface area contributed by atoms with Crippen LogP contribution < -0.4 is 5.56 Å². The molecule has 2 aliphatic rings. The van der Waals surface area contributed by atoms with Gasteiger partial charge in [0, 0.05) is 13.2 Å². The van der Waals surface area contributed by atoms with Crippen molar-refractivity contribution in [3.05, 3.63) is 88.6 Å². The number of rotatable bonds is 3. The second kappa shape index (κ2) is 6.56. The fourth-order valence-electron chi connectivity index (χ4n) is 3.71. The van der Waals surface area contributed by atoms with E-state index in [1.54, 1.807) is 29.2 Å². The van der Waals surface area contributed by atoms with E-state index in [1.807, 2.05) is 6.34 Å². The first-order valence-electron chi connectivity index (χ1n) is 9.24. The molecule has 0 saturated heterocycles. The van der Waals surface area contributed by atoms with Gasteiger partial charge in [-0.05, 0) is 28.8 Å². The zero-order chi connectivity index (χ0) is 19.1. The van der Waals surface area contributed by atoms with Crippen molar-refractivity contribution in [2.75, 3.05) is 7.05 Å². The average molecular weight is 369 g/mol. The number of benzene rings is 1. The fourth-order valence-corrected chi connectivity index (χ4v) is 3.71. The molecule has 0 N–H and O–H groups in total. The summed E-state index contributed by atoms with van der Waals surface area (Å²) in [6.07, 6.45) is 11.7. The highest BCUT2D eigenvalue weighted by molar-refractivity contribution is 5.78. The van der Waals surface area contributed by atoms with Crippen molar-refractivity contribution in [1.82, 2.24) is 19.4 Å². The molecule has 2 unspecified atom stereocenters. The lowest BCUT2D eigenvalue weighted by atomic mass is 9.93. The van der Waals surface area contributed by atoms with Crippen LogP contribution in [0.5, 0.6) is 0 Å². The van der Waals surface area contributed by atoms with Gasteiger partial charge in [-0.15, -0.1) is 0 Å². The van der Waals surface area contributed by atoms with Gasteiger partial charge in [-0.3, -0.25) is 14.4 Å². The SMILES string of the molecule is CN1C=NC2C=CC(c3ccc(Cn4cnc5ncccc5c4=O)cc3)=CC21. The normalized spacial score (nSPS) is 20.5. The Morgan fingerprint density at radius 2 is 1.96 bits per heavy atom. The van der Waals surface area contributed by atoms with Crippen molar-refractivity contribution in [2.24, 2.45) is 4.99 Å². The van der Waals surface area contributed by atoms with E-state index in [9.17, 15) is 4.79 Å². The van der Waals surface area contributed by atoms with Gasteiger partial charge in [0.1, 0.15) is 6.33 Å². The van der Waals surface area contributed by atoms with Crippen LogP contribution in [0.3, 0.4) is 0 Å². The highest BCUT2D eigenvalue weighted by Crippen LogP contribution is 2.27. The molecule has 138 valence electrons. The minimum atomic E-state index is -0.0737. The number of aliphatic imine (C=N–C) groups is 1. The average Bonchev–Trinajstić information content (AvgIpc) is 3.11. The molecule has 1 aliphatic heterocycles. The van der Waals surface area contributed by atoms with Crippen LogP contribution in [0.15, 0.2) is 76.9 Å². The molecule has 6 heteroatoms. The molecule has 1 aliphatic carbocycles. The van der Waals surface area contributed by atoms with E-state index in [0.717, 1.165) is 11.1 Å². The lowest BCUT2D eigenvalue weighted by Crippen LogP contribution is -2.32. The molecule has 1 aromatic carbocycles. The molecule has 2 atom stereocenters. The summed E-state index contributed by atoms with van der Waals surface area (Å²) in [6, 6.07) is 12.3. The first kappa shape index (κ1) is 16.6. The van der Waals surface area contributed by atoms with Crippen molar-refractivity contribution >= 4 is 22.9 Å². The van der Waals surface area contributed by atoms with Gasteiger partial charge in [-0.1, -0.05) is 42.5 Å². The topological polar surface area (TPSA) is 63.4 Å². The summed E-state index contributed by atoms with van der Waals surface area (Å²) in [5.74, 6) is 0. The maximum atomic E-state index is 12.6. The van der Waals surface area contributed by atoms with Gasteiger partial charge in [0.05, 0.1) is 30.4 Å². The van der Waals surface area contributed by atoms with E-state index in [-0.39, 0.29) is 17.6 Å². The van der Waals surface area contributed by atoms with Crippen molar-refractivity contribution in [2.45, 2.75) is 18.6 Å². The number of pyridine rings is 1. The molecule has 5 rings (SSSR count). The molecule has 6 nitrogen and oxygen atoms in total. The third-order valence-corrected chi connectivity index (χ3v) is 5.30. The number of hydrogen-bond donors (Lipinski definition) is 0. The van der Waals surface area contributed by atoms with Crippen molar-refractivity contribution in [1.29, 1.82) is 0 Å². The Morgan fingerprint density at radius 1 is 1.11 bits per heavy atom. The van der Waals surface area contributed by atoms with Crippen molar-refractivity contribution in [3.63, 3.8) is 0 Å².